The minimum Gasteiger partial charge on any atom is -0.462 e. The molecule has 1 aliphatic rings. The Morgan fingerprint density at radius 2 is 2.08 bits per heavy atom. The highest BCUT2D eigenvalue weighted by Crippen LogP contribution is 2.39. The number of hydrogen-bond donors (Lipinski definition) is 2. The third-order valence-electron chi connectivity index (χ3n) is 4.48. The summed E-state index contributed by atoms with van der Waals surface area (Å²) in [7, 11) is 0. The van der Waals surface area contributed by atoms with Crippen LogP contribution in [0.4, 0.5) is 10.7 Å². The van der Waals surface area contributed by atoms with Crippen molar-refractivity contribution in [1.82, 2.24) is 0 Å². The molecule has 0 saturated heterocycles. The van der Waals surface area contributed by atoms with E-state index in [1.807, 2.05) is 19.1 Å². The van der Waals surface area contributed by atoms with Gasteiger partial charge in [-0.1, -0.05) is 12.1 Å². The number of anilines is 2. The van der Waals surface area contributed by atoms with Gasteiger partial charge in [0.05, 0.1) is 12.2 Å². The molecule has 132 valence electrons. The summed E-state index contributed by atoms with van der Waals surface area (Å²) >= 11 is 7.08. The number of benzene rings is 1. The predicted molar refractivity (Wildman–Crippen MR) is 108 cm³/mol. The molecule has 4 nitrogen and oxygen atoms in total. The Kier molecular flexibility index (Phi) is 5.39. The van der Waals surface area contributed by atoms with Crippen molar-refractivity contribution < 1.29 is 9.53 Å². The van der Waals surface area contributed by atoms with Crippen molar-refractivity contribution in [2.24, 2.45) is 0 Å². The second-order valence-electron chi connectivity index (χ2n) is 6.11. The van der Waals surface area contributed by atoms with Crippen LogP contribution in [0.3, 0.4) is 0 Å². The first-order valence-corrected chi connectivity index (χ1v) is 9.69. The van der Waals surface area contributed by atoms with Crippen LogP contribution in [0.1, 0.15) is 45.3 Å². The third kappa shape index (κ3) is 3.70. The molecule has 1 aromatic heterocycles. The number of aryl methyl sites for hydroxylation is 2. The third-order valence-corrected chi connectivity index (χ3v) is 5.89. The molecule has 1 aromatic carbocycles. The van der Waals surface area contributed by atoms with Gasteiger partial charge >= 0.3 is 5.97 Å². The zero-order chi connectivity index (χ0) is 18.0. The Morgan fingerprint density at radius 3 is 2.84 bits per heavy atom. The first-order valence-electron chi connectivity index (χ1n) is 8.47. The summed E-state index contributed by atoms with van der Waals surface area (Å²) in [5, 5.41) is 7.72. The van der Waals surface area contributed by atoms with Crippen LogP contribution in [0.25, 0.3) is 0 Å². The first kappa shape index (κ1) is 17.9. The SMILES string of the molecule is CCOC(=O)c1c(NC(=S)Nc2cccc(C)c2C)sc2c1CCC2. The molecule has 6 heteroatoms. The maximum atomic E-state index is 12.4. The van der Waals surface area contributed by atoms with E-state index >= 15 is 0 Å². The highest BCUT2D eigenvalue weighted by Gasteiger charge is 2.27. The topological polar surface area (TPSA) is 50.4 Å². The van der Waals surface area contributed by atoms with Crippen LogP contribution >= 0.6 is 23.6 Å². The molecule has 3 rings (SSSR count). The van der Waals surface area contributed by atoms with E-state index < -0.39 is 0 Å². The van der Waals surface area contributed by atoms with Gasteiger partial charge in [-0.15, -0.1) is 11.3 Å². The smallest absolute Gasteiger partial charge is 0.341 e. The van der Waals surface area contributed by atoms with E-state index in [4.69, 9.17) is 17.0 Å². The predicted octanol–water partition coefficient (Wildman–Crippen LogP) is 4.84. The molecule has 0 saturated carbocycles. The maximum Gasteiger partial charge on any atom is 0.341 e. The van der Waals surface area contributed by atoms with Gasteiger partial charge in [0.25, 0.3) is 0 Å². The van der Waals surface area contributed by atoms with Crippen molar-refractivity contribution in [1.29, 1.82) is 0 Å². The zero-order valence-electron chi connectivity index (χ0n) is 14.7. The van der Waals surface area contributed by atoms with Gasteiger partial charge in [0.2, 0.25) is 0 Å². The average Bonchev–Trinajstić information content (AvgIpc) is 3.12. The van der Waals surface area contributed by atoms with E-state index in [1.165, 1.54) is 10.4 Å². The fourth-order valence-electron chi connectivity index (χ4n) is 3.05. The lowest BCUT2D eigenvalue weighted by Crippen LogP contribution is -2.21. The van der Waals surface area contributed by atoms with E-state index in [9.17, 15) is 4.79 Å². The lowest BCUT2D eigenvalue weighted by molar-refractivity contribution is 0.0527. The maximum absolute atomic E-state index is 12.4. The molecule has 1 heterocycles. The number of carbonyl (C=O) groups is 1. The highest BCUT2D eigenvalue weighted by molar-refractivity contribution is 7.80. The summed E-state index contributed by atoms with van der Waals surface area (Å²) in [4.78, 5) is 13.7. The first-order chi connectivity index (χ1) is 12.0. The molecule has 2 aromatic rings. The monoisotopic (exact) mass is 374 g/mol. The molecule has 25 heavy (non-hydrogen) atoms. The van der Waals surface area contributed by atoms with Crippen molar-refractivity contribution in [2.75, 3.05) is 17.2 Å². The van der Waals surface area contributed by atoms with Crippen LogP contribution in [0.15, 0.2) is 18.2 Å². The Balaban J connectivity index is 1.82. The number of fused-ring (bicyclic) bond motifs is 1. The average molecular weight is 375 g/mol. The normalized spacial score (nSPS) is 12.6. The molecule has 0 spiro atoms. The molecule has 0 radical (unpaired) electrons. The standard InChI is InChI=1S/C19H22N2O2S2/c1-4-23-18(22)16-13-8-6-10-15(13)25-17(16)21-19(24)20-14-9-5-7-11(2)12(14)3/h5,7,9H,4,6,8,10H2,1-3H3,(H2,20,21,24). The summed E-state index contributed by atoms with van der Waals surface area (Å²) in [5.74, 6) is -0.265. The second-order valence-corrected chi connectivity index (χ2v) is 7.62. The van der Waals surface area contributed by atoms with Crippen LogP contribution in [-0.4, -0.2) is 17.7 Å². The van der Waals surface area contributed by atoms with Crippen molar-refractivity contribution in [3.63, 3.8) is 0 Å². The lowest BCUT2D eigenvalue weighted by atomic mass is 10.1. The molecular formula is C19H22N2O2S2. The molecular weight excluding hydrogens is 352 g/mol. The zero-order valence-corrected chi connectivity index (χ0v) is 16.3. The Labute approximate surface area is 157 Å². The molecule has 0 amide bonds. The van der Waals surface area contributed by atoms with Crippen molar-refractivity contribution in [3.05, 3.63) is 45.3 Å². The van der Waals surface area contributed by atoms with E-state index in [0.717, 1.165) is 41.1 Å². The number of esters is 1. The van der Waals surface area contributed by atoms with Crippen molar-refractivity contribution in [2.45, 2.75) is 40.0 Å². The summed E-state index contributed by atoms with van der Waals surface area (Å²) in [6, 6.07) is 6.06. The number of rotatable bonds is 4. The molecule has 0 atom stereocenters. The largest absolute Gasteiger partial charge is 0.462 e. The van der Waals surface area contributed by atoms with Gasteiger partial charge in [0.1, 0.15) is 5.00 Å². The Hall–Kier alpha value is -1.92. The summed E-state index contributed by atoms with van der Waals surface area (Å²) in [5.41, 5.74) is 5.12. The molecule has 0 fully saturated rings. The van der Waals surface area contributed by atoms with E-state index in [2.05, 4.69) is 30.5 Å². The molecule has 1 aliphatic carbocycles. The van der Waals surface area contributed by atoms with Crippen LogP contribution < -0.4 is 10.6 Å². The molecule has 0 unspecified atom stereocenters. The highest BCUT2D eigenvalue weighted by atomic mass is 32.1. The van der Waals surface area contributed by atoms with Gasteiger partial charge in [0.15, 0.2) is 5.11 Å². The Bertz CT molecular complexity index is 827. The number of thiophene rings is 1. The minimum atomic E-state index is -0.265. The number of carbonyl (C=O) groups excluding carboxylic acids is 1. The number of nitrogens with one attached hydrogen (secondary N) is 2. The van der Waals surface area contributed by atoms with Gasteiger partial charge in [-0.05, 0) is 75.0 Å². The fraction of sp³-hybridized carbons (Fsp3) is 0.368. The fourth-order valence-corrected chi connectivity index (χ4v) is 4.61. The van der Waals surface area contributed by atoms with Crippen LogP contribution in [0.2, 0.25) is 0 Å². The Morgan fingerprint density at radius 1 is 1.28 bits per heavy atom. The molecule has 2 N–H and O–H groups in total. The number of hydrogen-bond acceptors (Lipinski definition) is 4. The van der Waals surface area contributed by atoms with Gasteiger partial charge < -0.3 is 15.4 Å². The lowest BCUT2D eigenvalue weighted by Gasteiger charge is -2.14. The minimum absolute atomic E-state index is 0.265. The molecule has 0 bridgehead atoms. The number of thiocarbonyl (C=S) groups is 1. The van der Waals surface area contributed by atoms with Crippen LogP contribution in [0, 0.1) is 13.8 Å². The van der Waals surface area contributed by atoms with E-state index in [1.54, 1.807) is 11.3 Å². The summed E-state index contributed by atoms with van der Waals surface area (Å²) in [6.07, 6.45) is 3.04. The molecule has 0 aliphatic heterocycles. The van der Waals surface area contributed by atoms with Gasteiger partial charge in [-0.2, -0.15) is 0 Å². The van der Waals surface area contributed by atoms with E-state index in [-0.39, 0.29) is 5.97 Å². The van der Waals surface area contributed by atoms with Gasteiger partial charge in [-0.3, -0.25) is 0 Å². The van der Waals surface area contributed by atoms with Gasteiger partial charge in [-0.25, -0.2) is 4.79 Å². The quantitative estimate of drug-likeness (QED) is 0.592. The van der Waals surface area contributed by atoms with Crippen LogP contribution in [-0.2, 0) is 17.6 Å². The van der Waals surface area contributed by atoms with Crippen LogP contribution in [0.5, 0.6) is 0 Å². The summed E-state index contributed by atoms with van der Waals surface area (Å²) in [6.45, 7) is 6.32. The van der Waals surface area contributed by atoms with Gasteiger partial charge in [0, 0.05) is 10.6 Å². The van der Waals surface area contributed by atoms with Crippen molar-refractivity contribution in [3.8, 4) is 0 Å². The second kappa shape index (κ2) is 7.54. The summed E-state index contributed by atoms with van der Waals surface area (Å²) < 4.78 is 5.25. The van der Waals surface area contributed by atoms with Crippen molar-refractivity contribution >= 4 is 45.3 Å². The van der Waals surface area contributed by atoms with E-state index in [0.29, 0.717) is 17.3 Å². The number of ether oxygens (including phenoxy) is 1.